The molecule has 0 aliphatic carbocycles. The Morgan fingerprint density at radius 3 is 2.38 bits per heavy atom. The van der Waals surface area contributed by atoms with Crippen LogP contribution in [-0.2, 0) is 32.1 Å². The van der Waals surface area contributed by atoms with Crippen molar-refractivity contribution in [2.24, 2.45) is 0 Å². The average molecular weight is 461 g/mol. The van der Waals surface area contributed by atoms with E-state index in [0.717, 1.165) is 46.4 Å². The third-order valence-electron chi connectivity index (χ3n) is 5.73. The van der Waals surface area contributed by atoms with Gasteiger partial charge in [0.2, 0.25) is 0 Å². The van der Waals surface area contributed by atoms with Gasteiger partial charge in [0.1, 0.15) is 5.70 Å². The van der Waals surface area contributed by atoms with E-state index in [2.05, 4.69) is 15.2 Å². The molecule has 0 radical (unpaired) electrons. The summed E-state index contributed by atoms with van der Waals surface area (Å²) in [6, 6.07) is 17.2. The Morgan fingerprint density at radius 1 is 1.00 bits per heavy atom. The van der Waals surface area contributed by atoms with Crippen molar-refractivity contribution in [3.05, 3.63) is 71.6 Å². The lowest BCUT2D eigenvalue weighted by atomic mass is 9.99. The van der Waals surface area contributed by atoms with Crippen LogP contribution in [0.25, 0.3) is 16.5 Å². The van der Waals surface area contributed by atoms with Crippen LogP contribution in [0.4, 0.5) is 5.69 Å². The smallest absolute Gasteiger partial charge is 0.304 e. The van der Waals surface area contributed by atoms with Crippen LogP contribution in [0.15, 0.2) is 60.3 Å². The van der Waals surface area contributed by atoms with Gasteiger partial charge in [-0.3, -0.25) is 14.4 Å². The van der Waals surface area contributed by atoms with E-state index in [0.29, 0.717) is 11.3 Å². The molecule has 0 unspecified atom stereocenters. The van der Waals surface area contributed by atoms with Gasteiger partial charge < -0.3 is 19.9 Å². The molecule has 2 aliphatic heterocycles. The molecule has 8 nitrogen and oxygen atoms in total. The molecule has 0 spiro atoms. The summed E-state index contributed by atoms with van der Waals surface area (Å²) in [4.78, 5) is 39.0. The molecule has 0 fully saturated rings. The SMILES string of the molecule is CC(=O)OCN1C(=O)C(Nc2ccccc2)=C(c2c3n(c4ccccc24)CCC3)C1=O.CNC. The molecule has 2 aliphatic rings. The third kappa shape index (κ3) is 4.20. The van der Waals surface area contributed by atoms with Crippen LogP contribution in [0.2, 0.25) is 0 Å². The summed E-state index contributed by atoms with van der Waals surface area (Å²) < 4.78 is 7.22. The molecule has 3 aromatic rings. The standard InChI is InChI=1S/C24H21N3O4.C2H7N/c1-15(28)31-14-27-23(29)21(22(24(27)30)25-16-8-3-2-4-9-16)20-17-10-5-6-11-18(17)26-13-7-12-19(20)26;1-3-2/h2-6,8-11,25H,7,12-14H2,1H3;3H,1-2H3. The molecule has 0 saturated heterocycles. The van der Waals surface area contributed by atoms with Crippen LogP contribution in [0.5, 0.6) is 0 Å². The van der Waals surface area contributed by atoms with Crippen molar-refractivity contribution in [3.63, 3.8) is 0 Å². The monoisotopic (exact) mass is 460 g/mol. The van der Waals surface area contributed by atoms with Crippen LogP contribution in [-0.4, -0.2) is 48.1 Å². The largest absolute Gasteiger partial charge is 0.444 e. The first-order valence-electron chi connectivity index (χ1n) is 11.2. The third-order valence-corrected chi connectivity index (χ3v) is 5.73. The lowest BCUT2D eigenvalue weighted by Crippen LogP contribution is -2.35. The lowest BCUT2D eigenvalue weighted by molar-refractivity contribution is -0.152. The Morgan fingerprint density at radius 2 is 1.68 bits per heavy atom. The highest BCUT2D eigenvalue weighted by molar-refractivity contribution is 6.38. The number of hydrogen-bond donors (Lipinski definition) is 2. The first-order valence-corrected chi connectivity index (χ1v) is 11.2. The zero-order chi connectivity index (χ0) is 24.2. The summed E-state index contributed by atoms with van der Waals surface area (Å²) >= 11 is 0. The van der Waals surface area contributed by atoms with Crippen LogP contribution in [0, 0.1) is 0 Å². The second kappa shape index (κ2) is 9.93. The van der Waals surface area contributed by atoms with E-state index in [1.54, 1.807) is 0 Å². The second-order valence-corrected chi connectivity index (χ2v) is 8.14. The minimum atomic E-state index is -0.554. The van der Waals surface area contributed by atoms with Gasteiger partial charge in [-0.25, -0.2) is 4.90 Å². The van der Waals surface area contributed by atoms with Gasteiger partial charge >= 0.3 is 5.97 Å². The maximum Gasteiger partial charge on any atom is 0.304 e. The number of carbonyl (C=O) groups excluding carboxylic acids is 3. The van der Waals surface area contributed by atoms with Gasteiger partial charge in [-0.1, -0.05) is 36.4 Å². The molecule has 3 heterocycles. The highest BCUT2D eigenvalue weighted by atomic mass is 16.5. The van der Waals surface area contributed by atoms with Crippen LogP contribution < -0.4 is 10.6 Å². The van der Waals surface area contributed by atoms with Gasteiger partial charge in [0, 0.05) is 41.3 Å². The Labute approximate surface area is 198 Å². The molecule has 0 atom stereocenters. The summed E-state index contributed by atoms with van der Waals surface area (Å²) in [6.07, 6.45) is 1.82. The van der Waals surface area contributed by atoms with E-state index in [-0.39, 0.29) is 5.70 Å². The predicted octanol–water partition coefficient (Wildman–Crippen LogP) is 3.14. The molecule has 5 rings (SSSR count). The lowest BCUT2D eigenvalue weighted by Gasteiger charge is -2.14. The van der Waals surface area contributed by atoms with Gasteiger partial charge in [-0.05, 0) is 45.1 Å². The van der Waals surface area contributed by atoms with Crippen molar-refractivity contribution in [2.75, 3.05) is 26.1 Å². The molecular weight excluding hydrogens is 432 g/mol. The number of aryl methyl sites for hydroxylation is 1. The summed E-state index contributed by atoms with van der Waals surface area (Å²) in [5.41, 5.74) is 4.12. The number of carbonyl (C=O) groups is 3. The van der Waals surface area contributed by atoms with Crippen LogP contribution in [0.3, 0.4) is 0 Å². The number of nitrogens with zero attached hydrogens (tertiary/aromatic N) is 2. The molecule has 0 saturated carbocycles. The number of nitrogens with one attached hydrogen (secondary N) is 2. The van der Waals surface area contributed by atoms with Crippen molar-refractivity contribution in [2.45, 2.75) is 26.3 Å². The molecular formula is C26H28N4O4. The maximum absolute atomic E-state index is 13.5. The number of benzene rings is 2. The first kappa shape index (κ1) is 23.3. The highest BCUT2D eigenvalue weighted by Crippen LogP contribution is 2.40. The van der Waals surface area contributed by atoms with Crippen molar-refractivity contribution >= 4 is 39.9 Å². The van der Waals surface area contributed by atoms with Crippen molar-refractivity contribution in [1.29, 1.82) is 0 Å². The summed E-state index contributed by atoms with van der Waals surface area (Å²) in [5, 5.41) is 6.84. The number of para-hydroxylation sites is 2. The number of hydrogen-bond acceptors (Lipinski definition) is 6. The molecule has 2 aromatic carbocycles. The Balaban J connectivity index is 0.000000868. The number of anilines is 1. The number of rotatable bonds is 5. The number of imide groups is 1. The Bertz CT molecular complexity index is 1280. The van der Waals surface area contributed by atoms with Gasteiger partial charge in [-0.2, -0.15) is 0 Å². The van der Waals surface area contributed by atoms with Crippen LogP contribution in [0.1, 0.15) is 24.6 Å². The van der Waals surface area contributed by atoms with E-state index in [9.17, 15) is 14.4 Å². The van der Waals surface area contributed by atoms with E-state index in [1.807, 2.05) is 68.7 Å². The number of amides is 2. The molecule has 2 amide bonds. The molecule has 2 N–H and O–H groups in total. The Hall–Kier alpha value is -3.91. The van der Waals surface area contributed by atoms with Crippen molar-refractivity contribution in [1.82, 2.24) is 14.8 Å². The average Bonchev–Trinajstić information content (AvgIpc) is 3.47. The summed E-state index contributed by atoms with van der Waals surface area (Å²) in [6.45, 7) is 1.71. The predicted molar refractivity (Wildman–Crippen MR) is 131 cm³/mol. The minimum Gasteiger partial charge on any atom is -0.444 e. The fourth-order valence-corrected chi connectivity index (χ4v) is 4.42. The van der Waals surface area contributed by atoms with Gasteiger partial charge in [-0.15, -0.1) is 0 Å². The van der Waals surface area contributed by atoms with E-state index in [1.165, 1.54) is 6.92 Å². The number of fused-ring (bicyclic) bond motifs is 3. The fourth-order valence-electron chi connectivity index (χ4n) is 4.42. The molecule has 1 aromatic heterocycles. The minimum absolute atomic E-state index is 0.203. The fraction of sp³-hybridized carbons (Fsp3) is 0.269. The number of aromatic nitrogens is 1. The molecule has 8 heteroatoms. The Kier molecular flexibility index (Phi) is 6.79. The quantitative estimate of drug-likeness (QED) is 0.449. The summed E-state index contributed by atoms with van der Waals surface area (Å²) in [7, 11) is 3.75. The highest BCUT2D eigenvalue weighted by Gasteiger charge is 2.42. The zero-order valence-electron chi connectivity index (χ0n) is 19.6. The molecule has 176 valence electrons. The molecule has 0 bridgehead atoms. The van der Waals surface area contributed by atoms with Gasteiger partial charge in [0.05, 0.1) is 5.57 Å². The van der Waals surface area contributed by atoms with Gasteiger partial charge in [0.15, 0.2) is 6.73 Å². The summed E-state index contributed by atoms with van der Waals surface area (Å²) in [5.74, 6) is -1.52. The van der Waals surface area contributed by atoms with Crippen molar-refractivity contribution < 1.29 is 19.1 Å². The molecule has 34 heavy (non-hydrogen) atoms. The zero-order valence-corrected chi connectivity index (χ0v) is 19.6. The normalized spacial score (nSPS) is 14.9. The topological polar surface area (TPSA) is 92.7 Å². The van der Waals surface area contributed by atoms with Gasteiger partial charge in [0.25, 0.3) is 11.8 Å². The second-order valence-electron chi connectivity index (χ2n) is 8.14. The number of esters is 1. The van der Waals surface area contributed by atoms with Crippen LogP contribution >= 0.6 is 0 Å². The maximum atomic E-state index is 13.5. The van der Waals surface area contributed by atoms with E-state index in [4.69, 9.17) is 4.74 Å². The number of ether oxygens (including phenoxy) is 1. The van der Waals surface area contributed by atoms with E-state index >= 15 is 0 Å². The first-order chi connectivity index (χ1) is 16.5. The van der Waals surface area contributed by atoms with Crippen molar-refractivity contribution in [3.8, 4) is 0 Å². The van der Waals surface area contributed by atoms with E-state index < -0.39 is 24.5 Å².